The van der Waals surface area contributed by atoms with E-state index >= 15 is 0 Å². The van der Waals surface area contributed by atoms with Crippen molar-refractivity contribution in [1.29, 1.82) is 0 Å². The Morgan fingerprint density at radius 2 is 1.68 bits per heavy atom. The van der Waals surface area contributed by atoms with Gasteiger partial charge in [-0.2, -0.15) is 0 Å². The van der Waals surface area contributed by atoms with Crippen LogP contribution in [0.15, 0.2) is 63.5 Å². The predicted molar refractivity (Wildman–Crippen MR) is 164 cm³/mol. The standard InChI is InChI=1S/C29H33N7O11/c1-17(44-12-10-18-2-6-20(7-3-18)35(40)41)46-24-23(38)22(14-37)47-27(24)34-16-32-25-26(34)31-15-33-29(25,30)28(39)45-13-11-19-4-8-21(9-5-19)36(42)43/h2-9,15,17,22-24,27,37-38H,10-14,16,30H2,1H3/t17?,22-,23-,24-,27-,29?/m1/s1. The second-order valence-corrected chi connectivity index (χ2v) is 10.8. The summed E-state index contributed by atoms with van der Waals surface area (Å²) >= 11 is 0. The number of rotatable bonds is 14. The van der Waals surface area contributed by atoms with Gasteiger partial charge in [0.25, 0.3) is 17.0 Å². The minimum Gasteiger partial charge on any atom is -0.462 e. The predicted octanol–water partition coefficient (Wildman–Crippen LogP) is 0.467. The quantitative estimate of drug-likeness (QED) is 0.108. The summed E-state index contributed by atoms with van der Waals surface area (Å²) in [4.78, 5) is 48.1. The van der Waals surface area contributed by atoms with E-state index < -0.39 is 58.9 Å². The Morgan fingerprint density at radius 1 is 1.09 bits per heavy atom. The minimum absolute atomic E-state index is 0.0111. The average Bonchev–Trinajstić information content (AvgIpc) is 3.63. The molecule has 18 heteroatoms. The van der Waals surface area contributed by atoms with Crippen molar-refractivity contribution in [3.05, 3.63) is 79.9 Å². The van der Waals surface area contributed by atoms with E-state index in [9.17, 15) is 35.2 Å². The van der Waals surface area contributed by atoms with Crippen LogP contribution >= 0.6 is 0 Å². The molecule has 6 atom stereocenters. The van der Waals surface area contributed by atoms with Crippen LogP contribution < -0.4 is 5.73 Å². The van der Waals surface area contributed by atoms with Gasteiger partial charge >= 0.3 is 5.97 Å². The Morgan fingerprint density at radius 3 is 2.26 bits per heavy atom. The molecule has 3 heterocycles. The maximum atomic E-state index is 13.2. The molecular weight excluding hydrogens is 622 g/mol. The SMILES string of the molecule is CC(OCCc1ccc([N+](=O)[O-])cc1)O[C@@H]1[C@H](O)[C@@H](CO)O[C@H]1N1CN=C2C1=NC=NC2(N)C(=O)OCCc1ccc([N+](=O)[O-])cc1. The molecule has 1 fully saturated rings. The van der Waals surface area contributed by atoms with Crippen LogP contribution in [0.25, 0.3) is 0 Å². The van der Waals surface area contributed by atoms with E-state index in [4.69, 9.17) is 24.7 Å². The van der Waals surface area contributed by atoms with Gasteiger partial charge in [0, 0.05) is 30.7 Å². The van der Waals surface area contributed by atoms with Gasteiger partial charge in [-0.3, -0.25) is 31.0 Å². The lowest BCUT2D eigenvalue weighted by Crippen LogP contribution is -2.60. The Kier molecular flexibility index (Phi) is 10.3. The number of aliphatic imine (C=N–C) groups is 3. The largest absolute Gasteiger partial charge is 0.462 e. The highest BCUT2D eigenvalue weighted by molar-refractivity contribution is 6.51. The lowest BCUT2D eigenvalue weighted by atomic mass is 10.0. The molecule has 18 nitrogen and oxygen atoms in total. The lowest BCUT2D eigenvalue weighted by molar-refractivity contribution is -0.385. The van der Waals surface area contributed by atoms with Crippen molar-refractivity contribution >= 4 is 35.2 Å². The topological polar surface area (TPSA) is 247 Å². The summed E-state index contributed by atoms with van der Waals surface area (Å²) in [5.41, 5.74) is 5.84. The number of nitrogens with zero attached hydrogens (tertiary/aromatic N) is 6. The van der Waals surface area contributed by atoms with Crippen LogP contribution in [-0.4, -0.2) is 112 Å². The summed E-state index contributed by atoms with van der Waals surface area (Å²) in [6.07, 6.45) is -3.36. The van der Waals surface area contributed by atoms with E-state index in [1.807, 2.05) is 0 Å². The number of fused-ring (bicyclic) bond motifs is 1. The average molecular weight is 656 g/mol. The zero-order valence-corrected chi connectivity index (χ0v) is 25.2. The highest BCUT2D eigenvalue weighted by Crippen LogP contribution is 2.32. The molecule has 0 aliphatic carbocycles. The maximum absolute atomic E-state index is 13.2. The van der Waals surface area contributed by atoms with Gasteiger partial charge in [0.15, 0.2) is 18.4 Å². The maximum Gasteiger partial charge on any atom is 0.355 e. The number of carbonyl (C=O) groups is 1. The summed E-state index contributed by atoms with van der Waals surface area (Å²) in [5.74, 6) is -0.752. The monoisotopic (exact) mass is 655 g/mol. The summed E-state index contributed by atoms with van der Waals surface area (Å²) < 4.78 is 23.1. The molecule has 4 N–H and O–H groups in total. The first-order chi connectivity index (χ1) is 22.5. The van der Waals surface area contributed by atoms with Crippen LogP contribution in [0.2, 0.25) is 0 Å². The first-order valence-corrected chi connectivity index (χ1v) is 14.6. The zero-order chi connectivity index (χ0) is 33.7. The molecule has 2 aromatic carbocycles. The van der Waals surface area contributed by atoms with E-state index in [0.29, 0.717) is 12.0 Å². The number of ether oxygens (including phenoxy) is 4. The second kappa shape index (κ2) is 14.4. The molecule has 47 heavy (non-hydrogen) atoms. The molecular formula is C29H33N7O11. The van der Waals surface area contributed by atoms with Crippen molar-refractivity contribution in [3.63, 3.8) is 0 Å². The van der Waals surface area contributed by atoms with Crippen LogP contribution in [0.4, 0.5) is 11.4 Å². The first kappa shape index (κ1) is 33.6. The number of nitro benzene ring substituents is 2. The molecule has 250 valence electrons. The molecule has 3 aliphatic rings. The van der Waals surface area contributed by atoms with Crippen LogP contribution in [-0.2, 0) is 36.6 Å². The van der Waals surface area contributed by atoms with Gasteiger partial charge in [-0.15, -0.1) is 0 Å². The van der Waals surface area contributed by atoms with Gasteiger partial charge in [-0.1, -0.05) is 24.3 Å². The number of nitrogens with two attached hydrogens (primary N) is 1. The molecule has 2 unspecified atom stereocenters. The van der Waals surface area contributed by atoms with Crippen molar-refractivity contribution in [3.8, 4) is 0 Å². The molecule has 0 saturated carbocycles. The number of amidine groups is 1. The molecule has 0 radical (unpaired) electrons. The van der Waals surface area contributed by atoms with E-state index in [1.165, 1.54) is 29.2 Å². The number of nitro groups is 2. The highest BCUT2D eigenvalue weighted by atomic mass is 16.7. The number of benzene rings is 2. The number of hydrogen-bond acceptors (Lipinski definition) is 16. The van der Waals surface area contributed by atoms with E-state index in [0.717, 1.165) is 11.9 Å². The molecule has 2 aromatic rings. The molecule has 0 bridgehead atoms. The van der Waals surface area contributed by atoms with Crippen molar-refractivity contribution in [2.24, 2.45) is 20.7 Å². The molecule has 5 rings (SSSR count). The van der Waals surface area contributed by atoms with Crippen molar-refractivity contribution in [2.75, 3.05) is 26.5 Å². The van der Waals surface area contributed by atoms with Gasteiger partial charge in [0.05, 0.1) is 29.7 Å². The normalized spacial score (nSPS) is 25.6. The van der Waals surface area contributed by atoms with Crippen LogP contribution in [0.1, 0.15) is 18.1 Å². The number of non-ortho nitro benzene ring substituents is 2. The number of hydrogen-bond donors (Lipinski definition) is 3. The third-order valence-corrected chi connectivity index (χ3v) is 7.79. The molecule has 0 amide bonds. The summed E-state index contributed by atoms with van der Waals surface area (Å²) in [5, 5.41) is 42.5. The Labute approximate surface area is 267 Å². The van der Waals surface area contributed by atoms with Gasteiger partial charge in [-0.25, -0.2) is 14.8 Å². The third kappa shape index (κ3) is 7.32. The number of carbonyl (C=O) groups excluding carboxylic acids is 1. The van der Waals surface area contributed by atoms with Gasteiger partial charge in [-0.05, 0) is 24.5 Å². The highest BCUT2D eigenvalue weighted by Gasteiger charge is 2.54. The van der Waals surface area contributed by atoms with E-state index in [-0.39, 0.29) is 49.2 Å². The van der Waals surface area contributed by atoms with Gasteiger partial charge in [0.1, 0.15) is 37.0 Å². The first-order valence-electron chi connectivity index (χ1n) is 14.6. The fraction of sp³-hybridized carbons (Fsp3) is 0.448. The molecule has 0 spiro atoms. The van der Waals surface area contributed by atoms with Crippen LogP contribution in [0, 0.1) is 20.2 Å². The van der Waals surface area contributed by atoms with Crippen molar-refractivity contribution < 1.29 is 43.8 Å². The van der Waals surface area contributed by atoms with E-state index in [1.54, 1.807) is 31.2 Å². The Balaban J connectivity index is 1.19. The summed E-state index contributed by atoms with van der Waals surface area (Å²) in [6, 6.07) is 11.9. The molecule has 0 aromatic heterocycles. The van der Waals surface area contributed by atoms with Crippen LogP contribution in [0.5, 0.6) is 0 Å². The third-order valence-electron chi connectivity index (χ3n) is 7.79. The fourth-order valence-electron chi connectivity index (χ4n) is 5.24. The summed E-state index contributed by atoms with van der Waals surface area (Å²) in [7, 11) is 0. The molecule has 1 saturated heterocycles. The summed E-state index contributed by atoms with van der Waals surface area (Å²) in [6.45, 7) is 1.16. The fourth-order valence-corrected chi connectivity index (χ4v) is 5.24. The number of aliphatic hydroxyl groups excluding tert-OH is 2. The smallest absolute Gasteiger partial charge is 0.355 e. The number of esters is 1. The van der Waals surface area contributed by atoms with Crippen LogP contribution in [0.3, 0.4) is 0 Å². The second-order valence-electron chi connectivity index (χ2n) is 10.8. The van der Waals surface area contributed by atoms with E-state index in [2.05, 4.69) is 15.0 Å². The number of aliphatic hydroxyl groups is 2. The van der Waals surface area contributed by atoms with Gasteiger partial charge in [0.2, 0.25) is 0 Å². The molecule has 3 aliphatic heterocycles. The minimum atomic E-state index is -2.03. The lowest BCUT2D eigenvalue weighted by Gasteiger charge is -2.33. The zero-order valence-electron chi connectivity index (χ0n) is 25.2. The van der Waals surface area contributed by atoms with Gasteiger partial charge < -0.3 is 34.1 Å². The Bertz CT molecular complexity index is 1570. The van der Waals surface area contributed by atoms with Crippen molar-refractivity contribution in [2.45, 2.75) is 56.3 Å². The Hall–Kier alpha value is -4.72. The van der Waals surface area contributed by atoms with Crippen molar-refractivity contribution in [1.82, 2.24) is 4.90 Å².